The molecule has 0 aromatic heterocycles. The maximum atomic E-state index is 12.8. The van der Waals surface area contributed by atoms with Gasteiger partial charge >= 0.3 is 5.53 Å². The highest BCUT2D eigenvalue weighted by Crippen LogP contribution is 2.66. The van der Waals surface area contributed by atoms with Gasteiger partial charge in [0.1, 0.15) is 15.9 Å². The minimum Gasteiger partial charge on any atom is -1.00 e. The maximum Gasteiger partial charge on any atom is 0.356 e. The molecule has 0 atom stereocenters. The van der Waals surface area contributed by atoms with Gasteiger partial charge in [0.15, 0.2) is 7.26 Å². The van der Waals surface area contributed by atoms with E-state index in [1.807, 2.05) is 68.4 Å². The summed E-state index contributed by atoms with van der Waals surface area (Å²) >= 11 is 0. The molecule has 3 rings (SSSR count). The molecule has 0 aliphatic heterocycles. The molecule has 3 nitrogen and oxygen atoms in total. The summed E-state index contributed by atoms with van der Waals surface area (Å²) in [6, 6.07) is 30.4. The molecule has 29 heavy (non-hydrogen) atoms. The maximum absolute atomic E-state index is 12.8. The lowest BCUT2D eigenvalue weighted by atomic mass is 10.4. The first kappa shape index (κ1) is 23.3. The van der Waals surface area contributed by atoms with E-state index in [2.05, 4.69) is 36.4 Å². The molecule has 0 saturated carbocycles. The Morgan fingerprint density at radius 3 is 1.24 bits per heavy atom. The fourth-order valence-electron chi connectivity index (χ4n) is 3.74. The first-order valence-corrected chi connectivity index (χ1v) is 11.3. The summed E-state index contributed by atoms with van der Waals surface area (Å²) in [5.41, 5.74) is -1.40. The minimum atomic E-state index is -2.64. The fourth-order valence-corrected chi connectivity index (χ4v) is 8.37. The van der Waals surface area contributed by atoms with Crippen LogP contribution in [0.3, 0.4) is 0 Å². The van der Waals surface area contributed by atoms with Crippen molar-refractivity contribution < 1.29 is 26.7 Å². The van der Waals surface area contributed by atoms with E-state index in [1.54, 1.807) is 0 Å². The molecular formula is C24H26ClO3P. The first-order valence-electron chi connectivity index (χ1n) is 9.55. The number of hydrogen-bond donors (Lipinski definition) is 0. The summed E-state index contributed by atoms with van der Waals surface area (Å²) in [4.78, 5) is 12.8. The van der Waals surface area contributed by atoms with E-state index in [0.29, 0.717) is 13.2 Å². The quantitative estimate of drug-likeness (QED) is 0.289. The van der Waals surface area contributed by atoms with Crippen molar-refractivity contribution in [3.63, 3.8) is 0 Å². The Morgan fingerprint density at radius 1 is 0.690 bits per heavy atom. The van der Waals surface area contributed by atoms with Crippen molar-refractivity contribution in [2.75, 3.05) is 13.2 Å². The molecule has 0 N–H and O–H groups in total. The van der Waals surface area contributed by atoms with Crippen molar-refractivity contribution in [2.45, 2.75) is 19.4 Å². The lowest BCUT2D eigenvalue weighted by Gasteiger charge is -2.39. The summed E-state index contributed by atoms with van der Waals surface area (Å²) in [6.07, 6.45) is 0.862. The average Bonchev–Trinajstić information content (AvgIpc) is 2.77. The van der Waals surface area contributed by atoms with E-state index in [0.717, 1.165) is 22.2 Å². The van der Waals surface area contributed by atoms with E-state index in [1.165, 1.54) is 0 Å². The van der Waals surface area contributed by atoms with Crippen molar-refractivity contribution in [2.24, 2.45) is 0 Å². The largest absolute Gasteiger partial charge is 1.00 e. The number of carbonyl (C=O) groups is 1. The SMILES string of the molecule is CCOC(C=O)(OCC)[P+](c1ccccc1)(c1ccccc1)c1ccccc1.[Cl-]. The van der Waals surface area contributed by atoms with Gasteiger partial charge in [0, 0.05) is 0 Å². The van der Waals surface area contributed by atoms with Gasteiger partial charge in [0.25, 0.3) is 0 Å². The van der Waals surface area contributed by atoms with E-state index < -0.39 is 12.8 Å². The zero-order valence-electron chi connectivity index (χ0n) is 16.7. The zero-order chi connectivity index (χ0) is 19.9. The molecule has 152 valence electrons. The number of carbonyl (C=O) groups excluding carboxylic acids is 1. The number of benzene rings is 3. The van der Waals surface area contributed by atoms with Gasteiger partial charge in [0.05, 0.1) is 13.2 Å². The molecule has 5 heteroatoms. The summed E-state index contributed by atoms with van der Waals surface area (Å²) in [6.45, 7) is 4.53. The van der Waals surface area contributed by atoms with Crippen LogP contribution in [-0.4, -0.2) is 25.0 Å². The standard InChI is InChI=1S/C24H26O3P.ClH/c1-3-26-24(20-25,27-4-2)28(21-14-8-5-9-15-21,22-16-10-6-11-17-22)23-18-12-7-13-19-23;/h5-20H,3-4H2,1-2H3;1H/q+1;/p-1. The number of ether oxygens (including phenoxy) is 2. The second-order valence-corrected chi connectivity index (χ2v) is 9.81. The van der Waals surface area contributed by atoms with Crippen LogP contribution in [0.1, 0.15) is 13.8 Å². The third-order valence-corrected chi connectivity index (χ3v) is 9.27. The lowest BCUT2D eigenvalue weighted by molar-refractivity contribution is -0.173. The lowest BCUT2D eigenvalue weighted by Crippen LogP contribution is -3.00. The molecule has 0 unspecified atom stereocenters. The van der Waals surface area contributed by atoms with Crippen LogP contribution < -0.4 is 28.3 Å². The van der Waals surface area contributed by atoms with Crippen LogP contribution in [0, 0.1) is 0 Å². The summed E-state index contributed by atoms with van der Waals surface area (Å²) in [5.74, 6) is 0. The Balaban J connectivity index is 0.00000300. The predicted octanol–water partition coefficient (Wildman–Crippen LogP) is 0.910. The van der Waals surface area contributed by atoms with Crippen molar-refractivity contribution >= 4 is 29.5 Å². The van der Waals surface area contributed by atoms with Gasteiger partial charge in [-0.15, -0.1) is 0 Å². The molecule has 0 bridgehead atoms. The molecule has 0 aliphatic rings. The molecule has 0 heterocycles. The van der Waals surface area contributed by atoms with Crippen LogP contribution in [0.15, 0.2) is 91.0 Å². The summed E-state index contributed by atoms with van der Waals surface area (Å²) in [7, 11) is -2.64. The average molecular weight is 429 g/mol. The topological polar surface area (TPSA) is 35.5 Å². The summed E-state index contributed by atoms with van der Waals surface area (Å²) in [5, 5.41) is 3.13. The van der Waals surface area contributed by atoms with E-state index in [4.69, 9.17) is 9.47 Å². The number of hydrogen-bond acceptors (Lipinski definition) is 3. The van der Waals surface area contributed by atoms with Gasteiger partial charge in [-0.3, -0.25) is 4.79 Å². The molecule has 3 aromatic carbocycles. The molecule has 0 aliphatic carbocycles. The number of aldehydes is 1. The van der Waals surface area contributed by atoms with Crippen molar-refractivity contribution in [3.8, 4) is 0 Å². The first-order chi connectivity index (χ1) is 13.7. The number of rotatable bonds is 9. The molecule has 3 aromatic rings. The third-order valence-electron chi connectivity index (χ3n) is 4.75. The summed E-state index contributed by atoms with van der Waals surface area (Å²) < 4.78 is 12.4. The van der Waals surface area contributed by atoms with Crippen LogP contribution in [-0.2, 0) is 14.3 Å². The third kappa shape index (κ3) is 4.15. The fraction of sp³-hybridized carbons (Fsp3) is 0.208. The van der Waals surface area contributed by atoms with Gasteiger partial charge in [-0.25, -0.2) is 0 Å². The van der Waals surface area contributed by atoms with Gasteiger partial charge in [-0.1, -0.05) is 54.6 Å². The minimum absolute atomic E-state index is 0. The van der Waals surface area contributed by atoms with Crippen LogP contribution in [0.4, 0.5) is 0 Å². The smallest absolute Gasteiger partial charge is 0.356 e. The second-order valence-electron chi connectivity index (χ2n) is 6.29. The normalized spacial score (nSPS) is 11.5. The highest BCUT2D eigenvalue weighted by atomic mass is 35.5. The Labute approximate surface area is 179 Å². The van der Waals surface area contributed by atoms with E-state index in [9.17, 15) is 4.79 Å². The van der Waals surface area contributed by atoms with Crippen LogP contribution in [0.5, 0.6) is 0 Å². The van der Waals surface area contributed by atoms with Crippen molar-refractivity contribution in [3.05, 3.63) is 91.0 Å². The van der Waals surface area contributed by atoms with Crippen molar-refractivity contribution in [1.29, 1.82) is 0 Å². The molecule has 0 spiro atoms. The Morgan fingerprint density at radius 2 is 1.00 bits per heavy atom. The molecule has 0 saturated heterocycles. The molecule has 0 amide bonds. The second kappa shape index (κ2) is 10.7. The monoisotopic (exact) mass is 428 g/mol. The molecular weight excluding hydrogens is 403 g/mol. The highest BCUT2D eigenvalue weighted by molar-refractivity contribution is 7.97. The van der Waals surface area contributed by atoms with Crippen LogP contribution in [0.2, 0.25) is 0 Å². The Bertz CT molecular complexity index is 770. The highest BCUT2D eigenvalue weighted by Gasteiger charge is 2.66. The Kier molecular flexibility index (Phi) is 8.55. The van der Waals surface area contributed by atoms with Crippen LogP contribution >= 0.6 is 7.26 Å². The molecule has 0 radical (unpaired) electrons. The molecule has 0 fully saturated rings. The van der Waals surface area contributed by atoms with Gasteiger partial charge < -0.3 is 21.9 Å². The van der Waals surface area contributed by atoms with E-state index in [-0.39, 0.29) is 12.4 Å². The van der Waals surface area contributed by atoms with Gasteiger partial charge in [-0.2, -0.15) is 0 Å². The predicted molar refractivity (Wildman–Crippen MR) is 117 cm³/mol. The number of halogens is 1. The Hall–Kier alpha value is -2.03. The van der Waals surface area contributed by atoms with Gasteiger partial charge in [0.2, 0.25) is 6.29 Å². The zero-order valence-corrected chi connectivity index (χ0v) is 18.4. The van der Waals surface area contributed by atoms with E-state index >= 15 is 0 Å². The van der Waals surface area contributed by atoms with Crippen molar-refractivity contribution in [1.82, 2.24) is 0 Å². The van der Waals surface area contributed by atoms with Gasteiger partial charge in [-0.05, 0) is 50.2 Å². The van der Waals surface area contributed by atoms with Crippen LogP contribution in [0.25, 0.3) is 0 Å².